The van der Waals surface area contributed by atoms with Crippen molar-refractivity contribution in [1.29, 1.82) is 0 Å². The lowest BCUT2D eigenvalue weighted by Crippen LogP contribution is -2.41. The molecular formula is C10H17NO4P+. The van der Waals surface area contributed by atoms with Gasteiger partial charge >= 0.3 is 5.97 Å². The number of aliphatic hydroxyl groups excluding tert-OH is 1. The zero-order valence-corrected chi connectivity index (χ0v) is 10.2. The van der Waals surface area contributed by atoms with Gasteiger partial charge in [-0.15, -0.1) is 6.58 Å². The van der Waals surface area contributed by atoms with Crippen molar-refractivity contribution >= 4 is 25.7 Å². The maximum atomic E-state index is 11.6. The third-order valence-corrected chi connectivity index (χ3v) is 2.57. The maximum absolute atomic E-state index is 11.6. The molecule has 0 spiro atoms. The number of rotatable bonds is 7. The van der Waals surface area contributed by atoms with Gasteiger partial charge in [0.25, 0.3) is 5.91 Å². The van der Waals surface area contributed by atoms with Gasteiger partial charge in [-0.2, -0.15) is 0 Å². The number of aliphatic hydroxyl groups is 1. The van der Waals surface area contributed by atoms with E-state index in [1.807, 2.05) is 6.66 Å². The molecular weight excluding hydrogens is 229 g/mol. The lowest BCUT2D eigenvalue weighted by molar-refractivity contribution is -0.144. The zero-order chi connectivity index (χ0) is 12.7. The van der Waals surface area contributed by atoms with Crippen molar-refractivity contribution in [2.75, 3.05) is 25.9 Å². The Hall–Kier alpha value is -1.19. The van der Waals surface area contributed by atoms with Gasteiger partial charge in [-0.25, -0.2) is 0 Å². The van der Waals surface area contributed by atoms with Crippen LogP contribution in [0.5, 0.6) is 0 Å². The highest BCUT2D eigenvalue weighted by molar-refractivity contribution is 7.55. The fraction of sp³-hybridized carbons (Fsp3) is 0.500. The molecule has 0 aliphatic carbocycles. The number of carbonyl (C=O) groups is 2. The van der Waals surface area contributed by atoms with Crippen LogP contribution in [0.25, 0.3) is 0 Å². The van der Waals surface area contributed by atoms with Gasteiger partial charge in [0.1, 0.15) is 6.54 Å². The van der Waals surface area contributed by atoms with E-state index >= 15 is 0 Å². The second kappa shape index (κ2) is 7.14. The molecule has 0 radical (unpaired) electrons. The van der Waals surface area contributed by atoms with Gasteiger partial charge in [-0.3, -0.25) is 9.59 Å². The molecule has 0 aromatic carbocycles. The minimum absolute atomic E-state index is 0.0438. The van der Waals surface area contributed by atoms with Crippen LogP contribution in [0.3, 0.4) is 0 Å². The summed E-state index contributed by atoms with van der Waals surface area (Å²) in [4.78, 5) is 23.3. The SMILES string of the molecule is C=CC(O)CN(CC(=O)O)C(=O)C[P+](=C)C. The Bertz CT molecular complexity index is 303. The third kappa shape index (κ3) is 6.32. The Balaban J connectivity index is 4.51. The maximum Gasteiger partial charge on any atom is 0.323 e. The van der Waals surface area contributed by atoms with Crippen molar-refractivity contribution in [3.05, 3.63) is 12.7 Å². The van der Waals surface area contributed by atoms with Crippen LogP contribution >= 0.6 is 7.55 Å². The second-order valence-electron chi connectivity index (χ2n) is 3.49. The van der Waals surface area contributed by atoms with Crippen LogP contribution in [-0.2, 0) is 9.59 Å². The smallest absolute Gasteiger partial charge is 0.323 e. The first kappa shape index (κ1) is 14.8. The van der Waals surface area contributed by atoms with Crippen LogP contribution in [0.4, 0.5) is 0 Å². The van der Waals surface area contributed by atoms with E-state index in [-0.39, 0.29) is 18.6 Å². The van der Waals surface area contributed by atoms with Crippen LogP contribution < -0.4 is 0 Å². The lowest BCUT2D eigenvalue weighted by Gasteiger charge is -2.20. The Morgan fingerprint density at radius 2 is 2.12 bits per heavy atom. The van der Waals surface area contributed by atoms with E-state index in [0.29, 0.717) is 0 Å². The average molecular weight is 246 g/mol. The van der Waals surface area contributed by atoms with Gasteiger partial charge in [0.2, 0.25) is 0 Å². The fourth-order valence-electron chi connectivity index (χ4n) is 1.05. The summed E-state index contributed by atoms with van der Waals surface area (Å²) in [6.45, 7) is 4.75. The molecule has 0 aliphatic rings. The van der Waals surface area contributed by atoms with Crippen LogP contribution in [0.15, 0.2) is 12.7 Å². The summed E-state index contributed by atoms with van der Waals surface area (Å²) < 4.78 is 0. The summed E-state index contributed by atoms with van der Waals surface area (Å²) in [6.07, 6.45) is 4.31. The van der Waals surface area contributed by atoms with Crippen molar-refractivity contribution in [1.82, 2.24) is 4.90 Å². The summed E-state index contributed by atoms with van der Waals surface area (Å²) in [6, 6.07) is 0. The number of aliphatic carboxylic acids is 1. The quantitative estimate of drug-likeness (QED) is 0.489. The van der Waals surface area contributed by atoms with Crippen LogP contribution in [0, 0.1) is 0 Å². The first-order valence-corrected chi connectivity index (χ1v) is 6.84. The van der Waals surface area contributed by atoms with Gasteiger partial charge < -0.3 is 15.1 Å². The van der Waals surface area contributed by atoms with E-state index in [1.165, 1.54) is 6.08 Å². The molecule has 16 heavy (non-hydrogen) atoms. The van der Waals surface area contributed by atoms with Gasteiger partial charge in [0.05, 0.1) is 33.2 Å². The highest BCUT2D eigenvalue weighted by Gasteiger charge is 2.21. The topological polar surface area (TPSA) is 77.8 Å². The Morgan fingerprint density at radius 1 is 1.56 bits per heavy atom. The Kier molecular flexibility index (Phi) is 6.61. The van der Waals surface area contributed by atoms with E-state index in [9.17, 15) is 14.7 Å². The summed E-state index contributed by atoms with van der Waals surface area (Å²) in [7, 11) is -0.668. The molecule has 0 heterocycles. The van der Waals surface area contributed by atoms with Gasteiger partial charge in [0.15, 0.2) is 6.16 Å². The molecule has 0 saturated carbocycles. The largest absolute Gasteiger partial charge is 0.480 e. The van der Waals surface area contributed by atoms with E-state index in [1.54, 1.807) is 0 Å². The van der Waals surface area contributed by atoms with Gasteiger partial charge in [-0.1, -0.05) is 6.08 Å². The zero-order valence-electron chi connectivity index (χ0n) is 9.30. The molecule has 90 valence electrons. The third-order valence-electron chi connectivity index (χ3n) is 1.76. The molecule has 2 N–H and O–H groups in total. The monoisotopic (exact) mass is 246 g/mol. The summed E-state index contributed by atoms with van der Waals surface area (Å²) in [5.74, 6) is -1.40. The molecule has 2 unspecified atom stereocenters. The molecule has 6 heteroatoms. The minimum atomic E-state index is -1.10. The Morgan fingerprint density at radius 3 is 2.50 bits per heavy atom. The van der Waals surface area contributed by atoms with Crippen molar-refractivity contribution in [3.63, 3.8) is 0 Å². The summed E-state index contributed by atoms with van der Waals surface area (Å²) in [5, 5.41) is 17.9. The van der Waals surface area contributed by atoms with Gasteiger partial charge in [0, 0.05) is 0 Å². The summed E-state index contributed by atoms with van der Waals surface area (Å²) >= 11 is 0. The van der Waals surface area contributed by atoms with Crippen LogP contribution in [-0.4, -0.2) is 65.3 Å². The van der Waals surface area contributed by atoms with Gasteiger partial charge in [-0.05, 0) is 0 Å². The molecule has 0 rings (SSSR count). The molecule has 5 nitrogen and oxygen atoms in total. The standard InChI is InChI=1S/C10H16NO4P/c1-4-8(12)5-11(6-10(14)15)9(13)7-16(2)3/h4,8,12H,1-2,5-7H2,3H3/p+1. The second-order valence-corrected chi connectivity index (χ2v) is 5.51. The van der Waals surface area contributed by atoms with E-state index in [2.05, 4.69) is 12.9 Å². The number of nitrogens with zero attached hydrogens (tertiary/aromatic N) is 1. The number of carboxylic acid groups (broad SMARTS) is 1. The first-order valence-electron chi connectivity index (χ1n) is 4.68. The Labute approximate surface area is 95.8 Å². The van der Waals surface area contributed by atoms with Crippen molar-refractivity contribution < 1.29 is 19.8 Å². The summed E-state index contributed by atoms with van der Waals surface area (Å²) in [5.41, 5.74) is 0. The molecule has 0 aromatic rings. The van der Waals surface area contributed by atoms with Crippen LogP contribution in [0.2, 0.25) is 0 Å². The predicted molar refractivity (Wildman–Crippen MR) is 65.3 cm³/mol. The van der Waals surface area contributed by atoms with E-state index in [4.69, 9.17) is 5.11 Å². The van der Waals surface area contributed by atoms with Crippen LogP contribution in [0.1, 0.15) is 0 Å². The number of carboxylic acids is 1. The number of hydrogen-bond donors (Lipinski definition) is 2. The van der Waals surface area contributed by atoms with E-state index in [0.717, 1.165) is 4.90 Å². The number of amides is 1. The predicted octanol–water partition coefficient (Wildman–Crippen LogP) is -0.00980. The highest BCUT2D eigenvalue weighted by Crippen LogP contribution is 2.13. The van der Waals surface area contributed by atoms with E-state index < -0.39 is 26.2 Å². The molecule has 0 aliphatic heterocycles. The molecule has 0 aromatic heterocycles. The highest BCUT2D eigenvalue weighted by atomic mass is 31.1. The van der Waals surface area contributed by atoms with Crippen molar-refractivity contribution in [2.45, 2.75) is 6.10 Å². The molecule has 1 amide bonds. The number of hydrogen-bond acceptors (Lipinski definition) is 3. The van der Waals surface area contributed by atoms with Crippen molar-refractivity contribution in [2.24, 2.45) is 0 Å². The molecule has 2 atom stereocenters. The lowest BCUT2D eigenvalue weighted by atomic mass is 10.3. The fourth-order valence-corrected chi connectivity index (χ4v) is 1.71. The first-order chi connectivity index (χ1) is 7.36. The average Bonchev–Trinajstić information content (AvgIpc) is 2.14. The van der Waals surface area contributed by atoms with Crippen molar-refractivity contribution in [3.8, 4) is 0 Å². The molecule has 0 fully saturated rings. The molecule has 0 bridgehead atoms. The number of carbonyl (C=O) groups excluding carboxylic acids is 1. The molecule has 0 saturated heterocycles. The normalized spacial score (nSPS) is 12.8. The minimum Gasteiger partial charge on any atom is -0.480 e.